The van der Waals surface area contributed by atoms with Crippen LogP contribution in [0.15, 0.2) is 11.6 Å². The van der Waals surface area contributed by atoms with Gasteiger partial charge in [0, 0.05) is 17.6 Å². The topological polar surface area (TPSA) is 42.0 Å². The van der Waals surface area contributed by atoms with E-state index in [4.69, 9.17) is 0 Å². The molecule has 0 radical (unpaired) electrons. The Labute approximate surface area is 93.9 Å². The zero-order valence-corrected chi connectivity index (χ0v) is 9.72. The van der Waals surface area contributed by atoms with Crippen LogP contribution < -0.4 is 5.32 Å². The molecule has 15 heavy (non-hydrogen) atoms. The molecule has 1 N–H and O–H groups in total. The SMILES string of the molecule is CC1CCCCC1NC(=O)c1nccs1. The largest absolute Gasteiger partial charge is 0.347 e. The van der Waals surface area contributed by atoms with Crippen LogP contribution in [0.25, 0.3) is 0 Å². The lowest BCUT2D eigenvalue weighted by Gasteiger charge is -2.29. The molecule has 0 spiro atoms. The first-order valence-corrected chi connectivity index (χ1v) is 6.35. The molecule has 0 aliphatic heterocycles. The second-order valence-electron chi connectivity index (χ2n) is 4.18. The van der Waals surface area contributed by atoms with Crippen LogP contribution in [0, 0.1) is 5.92 Å². The lowest BCUT2D eigenvalue weighted by atomic mass is 9.86. The second-order valence-corrected chi connectivity index (χ2v) is 5.07. The molecule has 3 nitrogen and oxygen atoms in total. The molecule has 0 aromatic carbocycles. The molecule has 1 aromatic rings. The Morgan fingerprint density at radius 2 is 2.33 bits per heavy atom. The quantitative estimate of drug-likeness (QED) is 0.838. The lowest BCUT2D eigenvalue weighted by molar-refractivity contribution is 0.0910. The molecule has 2 atom stereocenters. The summed E-state index contributed by atoms with van der Waals surface area (Å²) in [6, 6.07) is 0.343. The van der Waals surface area contributed by atoms with Gasteiger partial charge in [0.25, 0.3) is 5.91 Å². The summed E-state index contributed by atoms with van der Waals surface area (Å²) >= 11 is 1.40. The van der Waals surface area contributed by atoms with E-state index in [1.807, 2.05) is 5.38 Å². The summed E-state index contributed by atoms with van der Waals surface area (Å²) in [5, 5.41) is 5.49. The fourth-order valence-corrected chi connectivity index (χ4v) is 2.63. The van der Waals surface area contributed by atoms with E-state index < -0.39 is 0 Å². The van der Waals surface area contributed by atoms with Gasteiger partial charge < -0.3 is 5.32 Å². The van der Waals surface area contributed by atoms with E-state index in [-0.39, 0.29) is 5.91 Å². The van der Waals surface area contributed by atoms with E-state index >= 15 is 0 Å². The van der Waals surface area contributed by atoms with Crippen LogP contribution >= 0.6 is 11.3 Å². The minimum Gasteiger partial charge on any atom is -0.347 e. The van der Waals surface area contributed by atoms with Gasteiger partial charge in [-0.25, -0.2) is 4.98 Å². The highest BCUT2D eigenvalue weighted by Crippen LogP contribution is 2.24. The van der Waals surface area contributed by atoms with Crippen molar-refractivity contribution in [1.29, 1.82) is 0 Å². The zero-order valence-electron chi connectivity index (χ0n) is 8.90. The minimum atomic E-state index is -0.0104. The molecule has 1 aliphatic rings. The number of rotatable bonds is 2. The van der Waals surface area contributed by atoms with Crippen LogP contribution in [0.1, 0.15) is 42.4 Å². The summed E-state index contributed by atoms with van der Waals surface area (Å²) in [7, 11) is 0. The second kappa shape index (κ2) is 4.75. The van der Waals surface area contributed by atoms with E-state index in [0.717, 1.165) is 6.42 Å². The van der Waals surface area contributed by atoms with Crippen molar-refractivity contribution in [2.24, 2.45) is 5.92 Å². The predicted molar refractivity (Wildman–Crippen MR) is 61.0 cm³/mol. The summed E-state index contributed by atoms with van der Waals surface area (Å²) in [5.74, 6) is 0.589. The van der Waals surface area contributed by atoms with E-state index in [0.29, 0.717) is 17.0 Å². The Morgan fingerprint density at radius 3 is 3.00 bits per heavy atom. The molecule has 1 fully saturated rings. The maximum Gasteiger partial charge on any atom is 0.280 e. The minimum absolute atomic E-state index is 0.0104. The van der Waals surface area contributed by atoms with Crippen molar-refractivity contribution < 1.29 is 4.79 Å². The van der Waals surface area contributed by atoms with Crippen LogP contribution in [-0.2, 0) is 0 Å². The molecular formula is C11H16N2OS. The van der Waals surface area contributed by atoms with E-state index in [2.05, 4.69) is 17.2 Å². The fourth-order valence-electron chi connectivity index (χ4n) is 2.10. The lowest BCUT2D eigenvalue weighted by Crippen LogP contribution is -2.41. The Morgan fingerprint density at radius 1 is 1.53 bits per heavy atom. The van der Waals surface area contributed by atoms with E-state index in [1.54, 1.807) is 6.20 Å². The highest BCUT2D eigenvalue weighted by molar-refractivity contribution is 7.11. The molecule has 1 heterocycles. The molecule has 82 valence electrons. The summed E-state index contributed by atoms with van der Waals surface area (Å²) in [4.78, 5) is 15.8. The molecule has 1 aliphatic carbocycles. The molecule has 2 rings (SSSR count). The molecule has 1 amide bonds. The first-order valence-electron chi connectivity index (χ1n) is 5.47. The summed E-state index contributed by atoms with van der Waals surface area (Å²) in [6.07, 6.45) is 6.53. The van der Waals surface area contributed by atoms with Gasteiger partial charge in [-0.05, 0) is 18.8 Å². The maximum absolute atomic E-state index is 11.8. The van der Waals surface area contributed by atoms with Crippen molar-refractivity contribution in [3.8, 4) is 0 Å². The van der Waals surface area contributed by atoms with Crippen molar-refractivity contribution in [3.63, 3.8) is 0 Å². The van der Waals surface area contributed by atoms with Crippen molar-refractivity contribution in [1.82, 2.24) is 10.3 Å². The molecule has 0 bridgehead atoms. The summed E-state index contributed by atoms with van der Waals surface area (Å²) in [6.45, 7) is 2.21. The monoisotopic (exact) mass is 224 g/mol. The standard InChI is InChI=1S/C11H16N2OS/c1-8-4-2-3-5-9(8)13-10(14)11-12-6-7-15-11/h6-9H,2-5H2,1H3,(H,13,14). The summed E-state index contributed by atoms with van der Waals surface area (Å²) in [5.41, 5.74) is 0. The Kier molecular flexibility index (Phi) is 3.36. The Balaban J connectivity index is 1.93. The third-order valence-electron chi connectivity index (χ3n) is 3.05. The van der Waals surface area contributed by atoms with Gasteiger partial charge in [0.1, 0.15) is 0 Å². The number of thiazole rings is 1. The first-order chi connectivity index (χ1) is 7.27. The van der Waals surface area contributed by atoms with Crippen molar-refractivity contribution in [2.45, 2.75) is 38.6 Å². The third kappa shape index (κ3) is 2.56. The predicted octanol–water partition coefficient (Wildman–Crippen LogP) is 2.45. The average molecular weight is 224 g/mol. The van der Waals surface area contributed by atoms with Crippen LogP contribution in [0.5, 0.6) is 0 Å². The van der Waals surface area contributed by atoms with Crippen LogP contribution in [0.3, 0.4) is 0 Å². The zero-order chi connectivity index (χ0) is 10.7. The number of nitrogens with one attached hydrogen (secondary N) is 1. The van der Waals surface area contributed by atoms with Gasteiger partial charge in [0.2, 0.25) is 0 Å². The third-order valence-corrected chi connectivity index (χ3v) is 3.83. The number of carbonyl (C=O) groups is 1. The Hall–Kier alpha value is -0.900. The number of hydrogen-bond donors (Lipinski definition) is 1. The van der Waals surface area contributed by atoms with Crippen molar-refractivity contribution in [3.05, 3.63) is 16.6 Å². The van der Waals surface area contributed by atoms with Gasteiger partial charge in [-0.1, -0.05) is 19.8 Å². The smallest absolute Gasteiger partial charge is 0.280 e. The molecular weight excluding hydrogens is 208 g/mol. The number of carbonyl (C=O) groups excluding carboxylic acids is 1. The van der Waals surface area contributed by atoms with Gasteiger partial charge >= 0.3 is 0 Å². The van der Waals surface area contributed by atoms with E-state index in [1.165, 1.54) is 30.6 Å². The highest BCUT2D eigenvalue weighted by Gasteiger charge is 2.23. The van der Waals surface area contributed by atoms with E-state index in [9.17, 15) is 4.79 Å². The number of aromatic nitrogens is 1. The molecule has 0 saturated heterocycles. The molecule has 4 heteroatoms. The Bertz CT molecular complexity index is 323. The number of amides is 1. The molecule has 2 unspecified atom stereocenters. The highest BCUT2D eigenvalue weighted by atomic mass is 32.1. The first kappa shape index (κ1) is 10.6. The number of hydrogen-bond acceptors (Lipinski definition) is 3. The van der Waals surface area contributed by atoms with Gasteiger partial charge in [-0.15, -0.1) is 11.3 Å². The van der Waals surface area contributed by atoms with Crippen molar-refractivity contribution in [2.75, 3.05) is 0 Å². The molecule has 1 aromatic heterocycles. The van der Waals surface area contributed by atoms with Gasteiger partial charge in [0.05, 0.1) is 0 Å². The fraction of sp³-hybridized carbons (Fsp3) is 0.636. The van der Waals surface area contributed by atoms with Gasteiger partial charge in [-0.2, -0.15) is 0 Å². The average Bonchev–Trinajstić information content (AvgIpc) is 2.74. The van der Waals surface area contributed by atoms with Crippen molar-refractivity contribution >= 4 is 17.2 Å². The maximum atomic E-state index is 11.8. The number of nitrogens with zero attached hydrogens (tertiary/aromatic N) is 1. The van der Waals surface area contributed by atoms with Crippen LogP contribution in [0.2, 0.25) is 0 Å². The normalized spacial score (nSPS) is 26.2. The summed E-state index contributed by atoms with van der Waals surface area (Å²) < 4.78 is 0. The van der Waals surface area contributed by atoms with Crippen LogP contribution in [0.4, 0.5) is 0 Å². The van der Waals surface area contributed by atoms with Gasteiger partial charge in [0.15, 0.2) is 5.01 Å². The molecule has 1 saturated carbocycles. The van der Waals surface area contributed by atoms with Crippen LogP contribution in [-0.4, -0.2) is 16.9 Å². The van der Waals surface area contributed by atoms with Gasteiger partial charge in [-0.3, -0.25) is 4.79 Å².